The van der Waals surface area contributed by atoms with Crippen LogP contribution in [0.2, 0.25) is 0 Å². The number of aliphatic hydroxyl groups excluding tert-OH is 1. The van der Waals surface area contributed by atoms with Crippen molar-refractivity contribution in [2.45, 2.75) is 63.8 Å². The van der Waals surface area contributed by atoms with Crippen molar-refractivity contribution in [3.05, 3.63) is 25.3 Å². The fourth-order valence-electron chi connectivity index (χ4n) is 3.22. The molecule has 1 rings (SSSR count). The molecule has 0 radical (unpaired) electrons. The molecule has 1 saturated heterocycles. The van der Waals surface area contributed by atoms with Gasteiger partial charge in [-0.1, -0.05) is 25.3 Å². The lowest BCUT2D eigenvalue weighted by Gasteiger charge is -2.53. The summed E-state index contributed by atoms with van der Waals surface area (Å²) in [6.07, 6.45) is 1.61. The second-order valence-electron chi connectivity index (χ2n) is 7.30. The predicted molar refractivity (Wildman–Crippen MR) is 92.4 cm³/mol. The Kier molecular flexibility index (Phi) is 7.34. The van der Waals surface area contributed by atoms with Crippen molar-refractivity contribution >= 4 is 11.9 Å². The average Bonchev–Trinajstić information content (AvgIpc) is 2.47. The zero-order valence-electron chi connectivity index (χ0n) is 15.5. The number of carbonyl (C=O) groups excluding carboxylic acids is 2. The minimum absolute atomic E-state index is 0.0427. The molecular formula is C18H29NO6. The maximum absolute atomic E-state index is 12.3. The Labute approximate surface area is 149 Å². The number of esters is 2. The van der Waals surface area contributed by atoms with Crippen LogP contribution in [0.4, 0.5) is 0 Å². The topological polar surface area (TPSA) is 85.3 Å². The van der Waals surface area contributed by atoms with Gasteiger partial charge in [0, 0.05) is 11.1 Å². The number of hydrogen-bond acceptors (Lipinski definition) is 7. The first-order valence-corrected chi connectivity index (χ1v) is 8.25. The van der Waals surface area contributed by atoms with E-state index < -0.39 is 35.2 Å². The van der Waals surface area contributed by atoms with Crippen molar-refractivity contribution in [2.24, 2.45) is 0 Å². The Morgan fingerprint density at radius 1 is 1.08 bits per heavy atom. The van der Waals surface area contributed by atoms with E-state index in [-0.39, 0.29) is 13.2 Å². The molecule has 7 heteroatoms. The second-order valence-corrected chi connectivity index (χ2v) is 7.30. The van der Waals surface area contributed by atoms with Gasteiger partial charge in [-0.2, -0.15) is 5.06 Å². The number of hydroxylamine groups is 2. The van der Waals surface area contributed by atoms with E-state index in [9.17, 15) is 14.7 Å². The Bertz CT molecular complexity index is 472. The summed E-state index contributed by atoms with van der Waals surface area (Å²) in [6, 6.07) is 0. The molecule has 0 aliphatic carbocycles. The molecule has 1 aliphatic heterocycles. The van der Waals surface area contributed by atoms with Crippen LogP contribution in [0.25, 0.3) is 0 Å². The number of rotatable bonds is 8. The standard InChI is InChI=1S/C18H29NO6/c1-7-9-23-15(21)14(16(22)24-10-8-2)25-19-17(3,4)11-13(20)12-18(19,5)6/h7-8,13-14,20H,1-2,9-12H2,3-6H3. The predicted octanol–water partition coefficient (Wildman–Crippen LogP) is 1.76. The second kappa shape index (κ2) is 8.60. The first-order chi connectivity index (χ1) is 11.5. The van der Waals surface area contributed by atoms with Crippen molar-refractivity contribution in [2.75, 3.05) is 13.2 Å². The van der Waals surface area contributed by atoms with Crippen molar-refractivity contribution in [1.82, 2.24) is 5.06 Å². The highest BCUT2D eigenvalue weighted by molar-refractivity contribution is 5.98. The van der Waals surface area contributed by atoms with Crippen molar-refractivity contribution in [3.63, 3.8) is 0 Å². The van der Waals surface area contributed by atoms with Gasteiger partial charge in [0.2, 0.25) is 0 Å². The van der Waals surface area contributed by atoms with Gasteiger partial charge in [0.25, 0.3) is 6.10 Å². The number of hydrogen-bond donors (Lipinski definition) is 1. The monoisotopic (exact) mass is 355 g/mol. The smallest absolute Gasteiger partial charge is 0.349 e. The lowest BCUT2D eigenvalue weighted by molar-refractivity contribution is -0.309. The SMILES string of the molecule is C=CCOC(=O)C(ON1C(C)(C)CC(O)CC1(C)C)C(=O)OCC=C. The molecule has 0 atom stereocenters. The quantitative estimate of drug-likeness (QED) is 0.403. The largest absolute Gasteiger partial charge is 0.459 e. The Morgan fingerprint density at radius 3 is 1.84 bits per heavy atom. The van der Waals surface area contributed by atoms with Gasteiger partial charge in [0.15, 0.2) is 0 Å². The van der Waals surface area contributed by atoms with E-state index in [2.05, 4.69) is 13.2 Å². The summed E-state index contributed by atoms with van der Waals surface area (Å²) in [5.41, 5.74) is -1.20. The van der Waals surface area contributed by atoms with Crippen LogP contribution in [-0.2, 0) is 23.9 Å². The highest BCUT2D eigenvalue weighted by Crippen LogP contribution is 2.39. The number of aliphatic hydroxyl groups is 1. The Hall–Kier alpha value is -1.70. The number of nitrogens with zero attached hydrogens (tertiary/aromatic N) is 1. The van der Waals surface area contributed by atoms with Crippen LogP contribution in [-0.4, -0.2) is 58.6 Å². The summed E-state index contributed by atoms with van der Waals surface area (Å²) in [4.78, 5) is 30.3. The molecule has 0 saturated carbocycles. The molecule has 0 aromatic heterocycles. The average molecular weight is 355 g/mol. The number of ether oxygens (including phenoxy) is 2. The molecule has 0 spiro atoms. The molecule has 142 valence electrons. The van der Waals surface area contributed by atoms with Crippen molar-refractivity contribution < 1.29 is 29.0 Å². The third-order valence-electron chi connectivity index (χ3n) is 3.90. The molecule has 0 aromatic rings. The molecule has 1 heterocycles. The normalized spacial score (nSPS) is 20.1. The highest BCUT2D eigenvalue weighted by atomic mass is 16.7. The van der Waals surface area contributed by atoms with E-state index in [1.165, 1.54) is 12.2 Å². The van der Waals surface area contributed by atoms with Gasteiger partial charge in [0.05, 0.1) is 6.10 Å². The van der Waals surface area contributed by atoms with E-state index in [4.69, 9.17) is 14.3 Å². The molecule has 1 fully saturated rings. The van der Waals surface area contributed by atoms with Crippen LogP contribution in [0, 0.1) is 0 Å². The lowest BCUT2D eigenvalue weighted by atomic mass is 9.80. The van der Waals surface area contributed by atoms with Crippen LogP contribution in [0.15, 0.2) is 25.3 Å². The molecule has 25 heavy (non-hydrogen) atoms. The van der Waals surface area contributed by atoms with Crippen molar-refractivity contribution in [1.29, 1.82) is 0 Å². The van der Waals surface area contributed by atoms with Gasteiger partial charge in [-0.15, -0.1) is 0 Å². The van der Waals surface area contributed by atoms with Crippen molar-refractivity contribution in [3.8, 4) is 0 Å². The molecule has 0 aromatic carbocycles. The first-order valence-electron chi connectivity index (χ1n) is 8.25. The molecule has 0 unspecified atom stereocenters. The maximum Gasteiger partial charge on any atom is 0.349 e. The van der Waals surface area contributed by atoms with E-state index in [0.29, 0.717) is 12.8 Å². The first kappa shape index (κ1) is 21.3. The Balaban J connectivity index is 3.04. The minimum Gasteiger partial charge on any atom is -0.459 e. The summed E-state index contributed by atoms with van der Waals surface area (Å²) in [5, 5.41) is 11.7. The van der Waals surface area contributed by atoms with Gasteiger partial charge in [0.1, 0.15) is 13.2 Å². The molecule has 0 amide bonds. The number of piperidine rings is 1. The molecule has 0 bridgehead atoms. The maximum atomic E-state index is 12.3. The van der Waals surface area contributed by atoms with Gasteiger partial charge in [-0.25, -0.2) is 9.59 Å². The minimum atomic E-state index is -1.56. The van der Waals surface area contributed by atoms with E-state index in [0.717, 1.165) is 0 Å². The molecule has 1 N–H and O–H groups in total. The summed E-state index contributed by atoms with van der Waals surface area (Å²) >= 11 is 0. The van der Waals surface area contributed by atoms with Crippen LogP contribution in [0.5, 0.6) is 0 Å². The van der Waals surface area contributed by atoms with E-state index in [1.54, 1.807) is 5.06 Å². The van der Waals surface area contributed by atoms with Crippen LogP contribution in [0.3, 0.4) is 0 Å². The third-order valence-corrected chi connectivity index (χ3v) is 3.90. The van der Waals surface area contributed by atoms with Gasteiger partial charge in [-0.05, 0) is 40.5 Å². The summed E-state index contributed by atoms with van der Waals surface area (Å²) in [6.45, 7) is 14.3. The van der Waals surface area contributed by atoms with E-state index in [1.807, 2.05) is 27.7 Å². The highest BCUT2D eigenvalue weighted by Gasteiger charge is 2.49. The van der Waals surface area contributed by atoms with Crippen LogP contribution >= 0.6 is 0 Å². The summed E-state index contributed by atoms with van der Waals surface area (Å²) in [7, 11) is 0. The third kappa shape index (κ3) is 5.66. The van der Waals surface area contributed by atoms with Gasteiger partial charge >= 0.3 is 11.9 Å². The molecular weight excluding hydrogens is 326 g/mol. The molecule has 1 aliphatic rings. The zero-order valence-corrected chi connectivity index (χ0v) is 15.5. The van der Waals surface area contributed by atoms with Crippen LogP contribution < -0.4 is 0 Å². The Morgan fingerprint density at radius 2 is 1.48 bits per heavy atom. The summed E-state index contributed by atoms with van der Waals surface area (Å²) < 4.78 is 9.94. The fraction of sp³-hybridized carbons (Fsp3) is 0.667. The lowest BCUT2D eigenvalue weighted by Crippen LogP contribution is -2.63. The number of carbonyl (C=O) groups is 2. The summed E-state index contributed by atoms with van der Waals surface area (Å²) in [5.74, 6) is -1.71. The van der Waals surface area contributed by atoms with Gasteiger partial charge < -0.3 is 14.6 Å². The van der Waals surface area contributed by atoms with Crippen LogP contribution in [0.1, 0.15) is 40.5 Å². The molecule has 7 nitrogen and oxygen atoms in total. The fourth-order valence-corrected chi connectivity index (χ4v) is 3.22. The van der Waals surface area contributed by atoms with Gasteiger partial charge in [-0.3, -0.25) is 4.84 Å². The van der Waals surface area contributed by atoms with E-state index >= 15 is 0 Å². The zero-order chi connectivity index (χ0) is 19.3.